The number of nitrogens with zero attached hydrogens (tertiary/aromatic N) is 2. The van der Waals surface area contributed by atoms with Gasteiger partial charge < -0.3 is 14.6 Å². The van der Waals surface area contributed by atoms with Crippen LogP contribution < -0.4 is 9.64 Å². The maximum atomic E-state index is 13.4. The molecule has 4 rings (SSSR count). The summed E-state index contributed by atoms with van der Waals surface area (Å²) in [5.41, 5.74) is 0.940. The summed E-state index contributed by atoms with van der Waals surface area (Å²) in [7, 11) is 1.26. The molecular weight excluding hydrogens is 476 g/mol. The number of ketones is 1. The van der Waals surface area contributed by atoms with Gasteiger partial charge in [-0.2, -0.15) is 0 Å². The molecule has 0 spiro atoms. The summed E-state index contributed by atoms with van der Waals surface area (Å²) in [6, 6.07) is 9.44. The number of aromatic nitrogens is 1. The molecule has 0 saturated carbocycles. The van der Waals surface area contributed by atoms with Crippen molar-refractivity contribution in [3.8, 4) is 5.75 Å². The number of methoxy groups -OCH3 is 1. The summed E-state index contributed by atoms with van der Waals surface area (Å²) < 4.78 is 10.5. The number of thiophene rings is 1. The molecule has 34 heavy (non-hydrogen) atoms. The fourth-order valence-electron chi connectivity index (χ4n) is 3.62. The number of hydrogen-bond acceptors (Lipinski definition) is 9. The second-order valence-corrected chi connectivity index (χ2v) is 9.39. The van der Waals surface area contributed by atoms with Crippen molar-refractivity contribution in [2.45, 2.75) is 26.3 Å². The molecule has 0 saturated heterocycles. The number of thiazole rings is 1. The van der Waals surface area contributed by atoms with Crippen molar-refractivity contribution in [2.75, 3.05) is 18.6 Å². The standard InChI is InChI=1S/C24H22N2O6S2/c1-4-11-32-15-9-7-14(8-10-15)18-17(19(27)16-6-5-12-33-16)20(28)22(29)26(18)24-25-13(2)21(34-24)23(30)31-3/h5-10,12,18,28H,4,11H2,1-3H3/t18-/m1/s1. The van der Waals surface area contributed by atoms with Crippen LogP contribution in [-0.2, 0) is 9.53 Å². The number of anilines is 1. The Kier molecular flexibility index (Phi) is 6.80. The van der Waals surface area contributed by atoms with Gasteiger partial charge in [-0.05, 0) is 42.5 Å². The topological polar surface area (TPSA) is 106 Å². The molecule has 1 amide bonds. The number of ether oxygens (including phenoxy) is 2. The Labute approximate surface area is 204 Å². The Balaban J connectivity index is 1.82. The number of carbonyl (C=O) groups is 3. The largest absolute Gasteiger partial charge is 0.503 e. The predicted molar refractivity (Wildman–Crippen MR) is 129 cm³/mol. The van der Waals surface area contributed by atoms with E-state index >= 15 is 0 Å². The van der Waals surface area contributed by atoms with E-state index < -0.39 is 29.5 Å². The zero-order valence-electron chi connectivity index (χ0n) is 18.7. The Morgan fingerprint density at radius 2 is 1.94 bits per heavy atom. The van der Waals surface area contributed by atoms with Gasteiger partial charge in [0.25, 0.3) is 5.91 Å². The lowest BCUT2D eigenvalue weighted by Crippen LogP contribution is -2.31. The van der Waals surface area contributed by atoms with Crippen LogP contribution in [0.4, 0.5) is 5.13 Å². The molecule has 10 heteroatoms. The van der Waals surface area contributed by atoms with Gasteiger partial charge in [-0.3, -0.25) is 14.5 Å². The molecule has 0 unspecified atom stereocenters. The van der Waals surface area contributed by atoms with E-state index in [0.29, 0.717) is 28.5 Å². The van der Waals surface area contributed by atoms with Gasteiger partial charge in [0.15, 0.2) is 10.9 Å². The Morgan fingerprint density at radius 1 is 1.21 bits per heavy atom. The highest BCUT2D eigenvalue weighted by molar-refractivity contribution is 7.17. The minimum atomic E-state index is -0.932. The number of benzene rings is 1. The average Bonchev–Trinajstić information content (AvgIpc) is 3.56. The molecule has 1 aromatic carbocycles. The van der Waals surface area contributed by atoms with Crippen molar-refractivity contribution in [3.05, 3.63) is 74.1 Å². The lowest BCUT2D eigenvalue weighted by atomic mass is 9.95. The second-order valence-electron chi connectivity index (χ2n) is 7.47. The Hall–Kier alpha value is -3.50. The first-order valence-corrected chi connectivity index (χ1v) is 12.2. The van der Waals surface area contributed by atoms with Gasteiger partial charge in [0.1, 0.15) is 10.6 Å². The number of hydrogen-bond donors (Lipinski definition) is 1. The smallest absolute Gasteiger partial charge is 0.350 e. The number of esters is 1. The molecule has 176 valence electrons. The number of amides is 1. The number of aryl methyl sites for hydroxylation is 1. The van der Waals surface area contributed by atoms with Gasteiger partial charge in [0, 0.05) is 0 Å². The summed E-state index contributed by atoms with van der Waals surface area (Å²) in [5, 5.41) is 12.8. The first kappa shape index (κ1) is 23.7. The average molecular weight is 499 g/mol. The van der Waals surface area contributed by atoms with Crippen LogP contribution >= 0.6 is 22.7 Å². The normalized spacial score (nSPS) is 15.7. The molecule has 0 radical (unpaired) electrons. The van der Waals surface area contributed by atoms with E-state index in [1.165, 1.54) is 23.3 Å². The maximum Gasteiger partial charge on any atom is 0.350 e. The van der Waals surface area contributed by atoms with Crippen molar-refractivity contribution >= 4 is 45.5 Å². The number of carbonyl (C=O) groups excluding carboxylic acids is 3. The minimum absolute atomic E-state index is 0.0397. The van der Waals surface area contributed by atoms with Gasteiger partial charge in [-0.1, -0.05) is 36.5 Å². The monoisotopic (exact) mass is 498 g/mol. The minimum Gasteiger partial charge on any atom is -0.503 e. The lowest BCUT2D eigenvalue weighted by Gasteiger charge is -2.24. The van der Waals surface area contributed by atoms with Gasteiger partial charge in [-0.15, -0.1) is 11.3 Å². The molecule has 1 atom stereocenters. The molecular formula is C24H22N2O6S2. The summed E-state index contributed by atoms with van der Waals surface area (Å²) in [6.45, 7) is 4.20. The first-order chi connectivity index (χ1) is 16.4. The van der Waals surface area contributed by atoms with E-state index in [1.807, 2.05) is 6.92 Å². The van der Waals surface area contributed by atoms with Gasteiger partial charge >= 0.3 is 5.97 Å². The third kappa shape index (κ3) is 4.22. The molecule has 3 heterocycles. The van der Waals surface area contributed by atoms with Crippen LogP contribution in [0, 0.1) is 6.92 Å². The van der Waals surface area contributed by atoms with E-state index in [4.69, 9.17) is 9.47 Å². The number of rotatable bonds is 8. The second kappa shape index (κ2) is 9.78. The summed E-state index contributed by atoms with van der Waals surface area (Å²) in [5.74, 6) is -1.77. The molecule has 1 N–H and O–H groups in total. The first-order valence-electron chi connectivity index (χ1n) is 10.5. The molecule has 0 aliphatic carbocycles. The van der Waals surface area contributed by atoms with Crippen molar-refractivity contribution in [1.29, 1.82) is 0 Å². The lowest BCUT2D eigenvalue weighted by molar-refractivity contribution is -0.117. The summed E-state index contributed by atoms with van der Waals surface area (Å²) in [4.78, 5) is 45.0. The molecule has 1 aliphatic heterocycles. The van der Waals surface area contributed by atoms with Crippen LogP contribution in [-0.4, -0.2) is 41.5 Å². The zero-order chi connectivity index (χ0) is 24.4. The third-order valence-corrected chi connectivity index (χ3v) is 7.23. The van der Waals surface area contributed by atoms with Gasteiger partial charge in [-0.25, -0.2) is 9.78 Å². The van der Waals surface area contributed by atoms with Crippen molar-refractivity contribution < 1.29 is 29.0 Å². The van der Waals surface area contributed by atoms with Crippen molar-refractivity contribution in [2.24, 2.45) is 0 Å². The zero-order valence-corrected chi connectivity index (χ0v) is 20.4. The number of Topliss-reactive ketones (excluding diaryl/α,β-unsaturated/α-hetero) is 1. The van der Waals surface area contributed by atoms with Gasteiger partial charge in [0.2, 0.25) is 5.78 Å². The van der Waals surface area contributed by atoms with E-state index in [2.05, 4.69) is 4.98 Å². The maximum absolute atomic E-state index is 13.4. The van der Waals surface area contributed by atoms with E-state index in [9.17, 15) is 19.5 Å². The Bertz CT molecular complexity index is 1260. The highest BCUT2D eigenvalue weighted by atomic mass is 32.1. The molecule has 8 nitrogen and oxygen atoms in total. The molecule has 0 fully saturated rings. The Morgan fingerprint density at radius 3 is 2.56 bits per heavy atom. The van der Waals surface area contributed by atoms with Crippen LogP contribution in [0.15, 0.2) is 53.1 Å². The highest BCUT2D eigenvalue weighted by Crippen LogP contribution is 2.44. The molecule has 0 bridgehead atoms. The number of aliphatic hydroxyl groups is 1. The SMILES string of the molecule is CCCOc1ccc([C@@H]2C(C(=O)c3cccs3)=C(O)C(=O)N2c2nc(C)c(C(=O)OC)s2)cc1. The summed E-state index contributed by atoms with van der Waals surface area (Å²) >= 11 is 2.19. The van der Waals surface area contributed by atoms with Crippen LogP contribution in [0.3, 0.4) is 0 Å². The van der Waals surface area contributed by atoms with Crippen molar-refractivity contribution in [3.63, 3.8) is 0 Å². The van der Waals surface area contributed by atoms with E-state index in [-0.39, 0.29) is 15.6 Å². The molecule has 3 aromatic rings. The van der Waals surface area contributed by atoms with Crippen LogP contribution in [0.2, 0.25) is 0 Å². The number of aliphatic hydroxyl groups excluding tert-OH is 1. The predicted octanol–water partition coefficient (Wildman–Crippen LogP) is 4.87. The molecule has 2 aromatic heterocycles. The van der Waals surface area contributed by atoms with Crippen LogP contribution in [0.1, 0.15) is 50.0 Å². The molecule has 1 aliphatic rings. The van der Waals surface area contributed by atoms with E-state index in [1.54, 1.807) is 48.7 Å². The van der Waals surface area contributed by atoms with E-state index in [0.717, 1.165) is 17.8 Å². The summed E-state index contributed by atoms with van der Waals surface area (Å²) in [6.07, 6.45) is 0.856. The fraction of sp³-hybridized carbons (Fsp3) is 0.250. The third-order valence-electron chi connectivity index (χ3n) is 5.23. The van der Waals surface area contributed by atoms with Crippen LogP contribution in [0.5, 0.6) is 5.75 Å². The van der Waals surface area contributed by atoms with Gasteiger partial charge in [0.05, 0.1) is 35.9 Å². The quantitative estimate of drug-likeness (QED) is 0.349. The van der Waals surface area contributed by atoms with Crippen molar-refractivity contribution in [1.82, 2.24) is 4.98 Å². The van der Waals surface area contributed by atoms with Crippen LogP contribution in [0.25, 0.3) is 0 Å². The highest BCUT2D eigenvalue weighted by Gasteiger charge is 2.46. The fourth-order valence-corrected chi connectivity index (χ4v) is 5.31.